The lowest BCUT2D eigenvalue weighted by atomic mass is 9.94. The van der Waals surface area contributed by atoms with Crippen LogP contribution in [0.3, 0.4) is 0 Å². The van der Waals surface area contributed by atoms with E-state index in [0.29, 0.717) is 27.2 Å². The minimum absolute atomic E-state index is 0.0454. The Labute approximate surface area is 217 Å². The second-order valence-electron chi connectivity index (χ2n) is 8.65. The molecule has 0 saturated heterocycles. The third-order valence-corrected chi connectivity index (χ3v) is 6.45. The summed E-state index contributed by atoms with van der Waals surface area (Å²) in [7, 11) is 0. The SMILES string of the molecule is CCc1ccc(N2C(=O)C(O)=C(C(=O)c3cc4cc(Cl)ccc4o3)C2c2cccc(OC(C)=O)c2)cc1. The van der Waals surface area contributed by atoms with Gasteiger partial charge in [0.2, 0.25) is 5.78 Å². The van der Waals surface area contributed by atoms with Crippen molar-refractivity contribution in [3.63, 3.8) is 0 Å². The fourth-order valence-corrected chi connectivity index (χ4v) is 4.66. The van der Waals surface area contributed by atoms with Crippen LogP contribution in [0, 0.1) is 0 Å². The topological polar surface area (TPSA) is 97.1 Å². The van der Waals surface area contributed by atoms with Crippen LogP contribution in [0.2, 0.25) is 5.02 Å². The van der Waals surface area contributed by atoms with E-state index >= 15 is 0 Å². The van der Waals surface area contributed by atoms with E-state index in [4.69, 9.17) is 20.8 Å². The van der Waals surface area contributed by atoms with Gasteiger partial charge in [0.25, 0.3) is 5.91 Å². The molecule has 1 aromatic heterocycles. The van der Waals surface area contributed by atoms with E-state index in [9.17, 15) is 19.5 Å². The number of furan rings is 1. The number of ketones is 1. The zero-order chi connectivity index (χ0) is 26.3. The first-order chi connectivity index (χ1) is 17.8. The Hall–Kier alpha value is -4.36. The van der Waals surface area contributed by atoms with Gasteiger partial charge < -0.3 is 14.3 Å². The van der Waals surface area contributed by atoms with Gasteiger partial charge in [-0.15, -0.1) is 0 Å². The van der Waals surface area contributed by atoms with Gasteiger partial charge in [0.05, 0.1) is 11.6 Å². The highest BCUT2D eigenvalue weighted by Gasteiger charge is 2.45. The monoisotopic (exact) mass is 515 g/mol. The number of fused-ring (bicyclic) bond motifs is 1. The molecule has 4 aromatic rings. The van der Waals surface area contributed by atoms with Gasteiger partial charge in [-0.2, -0.15) is 0 Å². The largest absolute Gasteiger partial charge is 0.503 e. The average molecular weight is 516 g/mol. The average Bonchev–Trinajstić information content (AvgIpc) is 3.42. The van der Waals surface area contributed by atoms with Crippen LogP contribution in [0.1, 0.15) is 41.6 Å². The van der Waals surface area contributed by atoms with Gasteiger partial charge in [-0.1, -0.05) is 42.8 Å². The van der Waals surface area contributed by atoms with Crippen molar-refractivity contribution in [2.45, 2.75) is 26.3 Å². The molecule has 1 atom stereocenters. The van der Waals surface area contributed by atoms with Crippen LogP contribution in [0.15, 0.2) is 88.5 Å². The second-order valence-corrected chi connectivity index (χ2v) is 9.08. The van der Waals surface area contributed by atoms with Crippen LogP contribution in [-0.4, -0.2) is 22.8 Å². The van der Waals surface area contributed by atoms with Crippen molar-refractivity contribution in [1.29, 1.82) is 0 Å². The Morgan fingerprint density at radius 1 is 1.05 bits per heavy atom. The molecule has 0 fully saturated rings. The first-order valence-corrected chi connectivity index (χ1v) is 12.0. The van der Waals surface area contributed by atoms with Crippen LogP contribution in [0.25, 0.3) is 11.0 Å². The number of aliphatic hydroxyl groups is 1. The predicted molar refractivity (Wildman–Crippen MR) is 139 cm³/mol. The highest BCUT2D eigenvalue weighted by atomic mass is 35.5. The maximum Gasteiger partial charge on any atom is 0.308 e. The highest BCUT2D eigenvalue weighted by molar-refractivity contribution is 6.31. The summed E-state index contributed by atoms with van der Waals surface area (Å²) in [5.41, 5.74) is 2.33. The number of nitrogens with zero attached hydrogens (tertiary/aromatic N) is 1. The van der Waals surface area contributed by atoms with E-state index in [2.05, 4.69) is 0 Å². The Kier molecular flexibility index (Phi) is 6.31. The number of ether oxygens (including phenoxy) is 1. The smallest absolute Gasteiger partial charge is 0.308 e. The summed E-state index contributed by atoms with van der Waals surface area (Å²) >= 11 is 6.08. The first kappa shape index (κ1) is 24.3. The van der Waals surface area contributed by atoms with E-state index in [0.717, 1.165) is 12.0 Å². The summed E-state index contributed by atoms with van der Waals surface area (Å²) in [6.45, 7) is 3.30. The van der Waals surface area contributed by atoms with E-state index in [-0.39, 0.29) is 17.1 Å². The fraction of sp³-hybridized carbons (Fsp3) is 0.138. The van der Waals surface area contributed by atoms with Crippen molar-refractivity contribution < 1.29 is 28.6 Å². The van der Waals surface area contributed by atoms with Crippen LogP contribution in [0.5, 0.6) is 5.75 Å². The lowest BCUT2D eigenvalue weighted by Crippen LogP contribution is -2.31. The molecule has 1 amide bonds. The molecule has 1 aliphatic heterocycles. The molecule has 0 spiro atoms. The number of aryl methyl sites for hydroxylation is 1. The van der Waals surface area contributed by atoms with E-state index in [1.807, 2.05) is 19.1 Å². The molecule has 37 heavy (non-hydrogen) atoms. The first-order valence-electron chi connectivity index (χ1n) is 11.6. The molecule has 1 aliphatic rings. The third-order valence-electron chi connectivity index (χ3n) is 6.21. The van der Waals surface area contributed by atoms with Gasteiger partial charge in [-0.05, 0) is 66.1 Å². The number of carbonyl (C=O) groups excluding carboxylic acids is 3. The van der Waals surface area contributed by atoms with Crippen molar-refractivity contribution >= 4 is 45.9 Å². The number of amides is 1. The van der Waals surface area contributed by atoms with Crippen molar-refractivity contribution in [2.24, 2.45) is 0 Å². The number of anilines is 1. The number of benzene rings is 3. The molecule has 8 heteroatoms. The molecule has 3 aromatic carbocycles. The second kappa shape index (κ2) is 9.59. The molecular weight excluding hydrogens is 494 g/mol. The van der Waals surface area contributed by atoms with E-state index in [1.54, 1.807) is 54.6 Å². The van der Waals surface area contributed by atoms with E-state index in [1.165, 1.54) is 17.9 Å². The Bertz CT molecular complexity index is 1580. The molecule has 1 N–H and O–H groups in total. The van der Waals surface area contributed by atoms with Crippen molar-refractivity contribution in [2.75, 3.05) is 4.90 Å². The summed E-state index contributed by atoms with van der Waals surface area (Å²) in [4.78, 5) is 40.1. The number of carbonyl (C=O) groups is 3. The quantitative estimate of drug-likeness (QED) is 0.182. The molecular formula is C29H22ClNO6. The molecule has 5 rings (SSSR count). The minimum atomic E-state index is -1.00. The maximum absolute atomic E-state index is 13.8. The Morgan fingerprint density at radius 3 is 2.51 bits per heavy atom. The number of Topliss-reactive ketones (excluding diaryl/α,β-unsaturated/α-hetero) is 1. The lowest BCUT2D eigenvalue weighted by Gasteiger charge is -2.27. The number of aliphatic hydroxyl groups excluding tert-OH is 1. The molecule has 0 radical (unpaired) electrons. The van der Waals surface area contributed by atoms with Crippen molar-refractivity contribution in [3.8, 4) is 5.75 Å². The molecule has 1 unspecified atom stereocenters. The maximum atomic E-state index is 13.8. The van der Waals surface area contributed by atoms with Gasteiger partial charge >= 0.3 is 5.97 Å². The highest BCUT2D eigenvalue weighted by Crippen LogP contribution is 2.43. The summed E-state index contributed by atoms with van der Waals surface area (Å²) in [5, 5.41) is 12.1. The van der Waals surface area contributed by atoms with Crippen LogP contribution in [0.4, 0.5) is 5.69 Å². The number of hydrogen-bond acceptors (Lipinski definition) is 6. The fourth-order valence-electron chi connectivity index (χ4n) is 4.48. The van der Waals surface area contributed by atoms with Crippen LogP contribution < -0.4 is 9.64 Å². The number of esters is 1. The standard InChI is InChI=1S/C29H22ClNO6/c1-3-17-7-10-21(11-8-17)31-26(18-5-4-6-22(14-18)36-16(2)32)25(28(34)29(31)35)27(33)24-15-19-13-20(30)9-12-23(19)37-24/h4-15,26,34H,3H2,1-2H3. The van der Waals surface area contributed by atoms with E-state index < -0.39 is 29.5 Å². The molecule has 7 nitrogen and oxygen atoms in total. The van der Waals surface area contributed by atoms with Crippen molar-refractivity contribution in [1.82, 2.24) is 0 Å². The molecule has 2 heterocycles. The summed E-state index contributed by atoms with van der Waals surface area (Å²) in [6.07, 6.45) is 0.811. The third kappa shape index (κ3) is 4.49. The zero-order valence-corrected chi connectivity index (χ0v) is 20.8. The molecule has 0 bridgehead atoms. The van der Waals surface area contributed by atoms with Crippen LogP contribution in [-0.2, 0) is 16.0 Å². The Balaban J connectivity index is 1.65. The summed E-state index contributed by atoms with van der Waals surface area (Å²) in [6, 6.07) is 19.3. The van der Waals surface area contributed by atoms with Gasteiger partial charge in [0, 0.05) is 23.0 Å². The normalized spacial score (nSPS) is 15.5. The van der Waals surface area contributed by atoms with Gasteiger partial charge in [0.1, 0.15) is 11.3 Å². The number of halogens is 1. The minimum Gasteiger partial charge on any atom is -0.503 e. The molecule has 0 aliphatic carbocycles. The van der Waals surface area contributed by atoms with Crippen LogP contribution >= 0.6 is 11.6 Å². The van der Waals surface area contributed by atoms with Gasteiger partial charge in [0.15, 0.2) is 11.5 Å². The van der Waals surface area contributed by atoms with Gasteiger partial charge in [-0.25, -0.2) is 0 Å². The van der Waals surface area contributed by atoms with Gasteiger partial charge in [-0.3, -0.25) is 19.3 Å². The summed E-state index contributed by atoms with van der Waals surface area (Å²) < 4.78 is 11.0. The number of rotatable bonds is 6. The molecule has 186 valence electrons. The summed E-state index contributed by atoms with van der Waals surface area (Å²) in [5.74, 6) is -2.36. The number of hydrogen-bond donors (Lipinski definition) is 1. The zero-order valence-electron chi connectivity index (χ0n) is 20.0. The molecule has 0 saturated carbocycles. The lowest BCUT2D eigenvalue weighted by molar-refractivity contribution is -0.131. The Morgan fingerprint density at radius 2 is 1.81 bits per heavy atom. The van der Waals surface area contributed by atoms with Crippen molar-refractivity contribution in [3.05, 3.63) is 106 Å². The predicted octanol–water partition coefficient (Wildman–Crippen LogP) is 6.36.